The first-order valence-corrected chi connectivity index (χ1v) is 4.76. The lowest BCUT2D eigenvalue weighted by molar-refractivity contribution is 0.0665. The smallest absolute Gasteiger partial charge is 0.165 e. The van der Waals surface area contributed by atoms with Crippen LogP contribution in [0.15, 0.2) is 12.7 Å². The van der Waals surface area contributed by atoms with E-state index in [2.05, 4.69) is 15.0 Å². The molecule has 16 heavy (non-hydrogen) atoms. The van der Waals surface area contributed by atoms with Crippen LogP contribution in [-0.2, 0) is 11.3 Å². The first-order valence-electron chi connectivity index (χ1n) is 4.76. The number of imidazole rings is 1. The highest BCUT2D eigenvalue weighted by Crippen LogP contribution is 2.14. The first kappa shape index (κ1) is 10.7. The molecule has 6 nitrogen and oxygen atoms in total. The molecule has 0 aliphatic heterocycles. The molecule has 0 amide bonds. The van der Waals surface area contributed by atoms with E-state index < -0.39 is 12.8 Å². The second kappa shape index (κ2) is 4.40. The number of rotatable bonds is 4. The Balaban J connectivity index is 2.35. The van der Waals surface area contributed by atoms with Gasteiger partial charge in [0.25, 0.3) is 0 Å². The third-order valence-electron chi connectivity index (χ3n) is 2.34. The van der Waals surface area contributed by atoms with Gasteiger partial charge in [-0.05, 0) is 0 Å². The number of hydrogen-bond donors (Lipinski definition) is 1. The van der Waals surface area contributed by atoms with Crippen molar-refractivity contribution in [3.63, 3.8) is 0 Å². The molecule has 2 aromatic heterocycles. The molecular formula is C9H12FN5O. The third-order valence-corrected chi connectivity index (χ3v) is 2.34. The maximum atomic E-state index is 12.5. The van der Waals surface area contributed by atoms with Crippen molar-refractivity contribution in [2.75, 3.05) is 19.5 Å². The summed E-state index contributed by atoms with van der Waals surface area (Å²) in [5.74, 6) is 0.318. The van der Waals surface area contributed by atoms with Crippen molar-refractivity contribution in [2.45, 2.75) is 12.6 Å². The van der Waals surface area contributed by atoms with Crippen LogP contribution in [0.4, 0.5) is 10.2 Å². The van der Waals surface area contributed by atoms with E-state index in [1.807, 2.05) is 0 Å². The van der Waals surface area contributed by atoms with E-state index in [1.54, 1.807) is 10.9 Å². The molecule has 0 radical (unpaired) electrons. The number of anilines is 1. The van der Waals surface area contributed by atoms with Gasteiger partial charge < -0.3 is 15.0 Å². The zero-order valence-electron chi connectivity index (χ0n) is 8.80. The van der Waals surface area contributed by atoms with E-state index in [-0.39, 0.29) is 0 Å². The SMILES string of the molecule is COC(CF)Cn1cnc2c(N)ncnc21. The van der Waals surface area contributed by atoms with Crippen LogP contribution in [0, 0.1) is 0 Å². The Morgan fingerprint density at radius 3 is 3.00 bits per heavy atom. The van der Waals surface area contributed by atoms with Gasteiger partial charge in [-0.1, -0.05) is 0 Å². The third kappa shape index (κ3) is 1.81. The number of hydrogen-bond acceptors (Lipinski definition) is 5. The van der Waals surface area contributed by atoms with Crippen LogP contribution in [0.5, 0.6) is 0 Å². The van der Waals surface area contributed by atoms with Crippen molar-refractivity contribution < 1.29 is 9.13 Å². The Hall–Kier alpha value is -1.76. The summed E-state index contributed by atoms with van der Waals surface area (Å²) in [6, 6.07) is 0. The molecular weight excluding hydrogens is 213 g/mol. The Morgan fingerprint density at radius 2 is 2.31 bits per heavy atom. The maximum absolute atomic E-state index is 12.5. The fourth-order valence-electron chi connectivity index (χ4n) is 1.44. The highest BCUT2D eigenvalue weighted by atomic mass is 19.1. The lowest BCUT2D eigenvalue weighted by Crippen LogP contribution is -2.20. The monoisotopic (exact) mass is 225 g/mol. The average molecular weight is 225 g/mol. The van der Waals surface area contributed by atoms with Gasteiger partial charge in [0.2, 0.25) is 0 Å². The second-order valence-electron chi connectivity index (χ2n) is 3.34. The largest absolute Gasteiger partial charge is 0.382 e. The number of nitrogen functional groups attached to an aromatic ring is 1. The fraction of sp³-hybridized carbons (Fsp3) is 0.444. The summed E-state index contributed by atoms with van der Waals surface area (Å²) in [4.78, 5) is 12.0. The molecule has 1 unspecified atom stereocenters. The standard InChI is InChI=1S/C9H12FN5O/c1-16-6(2-10)3-15-5-14-7-8(11)12-4-13-9(7)15/h4-6H,2-3H2,1H3,(H2,11,12,13). The van der Waals surface area contributed by atoms with E-state index in [0.29, 0.717) is 23.5 Å². The first-order chi connectivity index (χ1) is 7.76. The van der Waals surface area contributed by atoms with Crippen molar-refractivity contribution in [2.24, 2.45) is 0 Å². The van der Waals surface area contributed by atoms with Gasteiger partial charge in [-0.2, -0.15) is 0 Å². The molecule has 1 atom stereocenters. The number of ether oxygens (including phenoxy) is 1. The molecule has 0 bridgehead atoms. The van der Waals surface area contributed by atoms with Gasteiger partial charge in [-0.15, -0.1) is 0 Å². The van der Waals surface area contributed by atoms with Gasteiger partial charge >= 0.3 is 0 Å². The van der Waals surface area contributed by atoms with Gasteiger partial charge in [0.1, 0.15) is 24.6 Å². The molecule has 2 aromatic rings. The summed E-state index contributed by atoms with van der Waals surface area (Å²) in [5.41, 5.74) is 6.74. The normalized spacial score (nSPS) is 13.1. The minimum Gasteiger partial charge on any atom is -0.382 e. The van der Waals surface area contributed by atoms with Crippen LogP contribution in [0.3, 0.4) is 0 Å². The molecule has 0 saturated carbocycles. The molecule has 2 heterocycles. The minimum absolute atomic E-state index is 0.318. The van der Waals surface area contributed by atoms with Crippen LogP contribution in [0.1, 0.15) is 0 Å². The van der Waals surface area contributed by atoms with Gasteiger partial charge in [0, 0.05) is 7.11 Å². The Labute approximate surface area is 91.3 Å². The van der Waals surface area contributed by atoms with Gasteiger partial charge in [0.15, 0.2) is 11.5 Å². The quantitative estimate of drug-likeness (QED) is 0.814. The number of nitrogens with two attached hydrogens (primary N) is 1. The van der Waals surface area contributed by atoms with Crippen LogP contribution in [-0.4, -0.2) is 39.4 Å². The maximum Gasteiger partial charge on any atom is 0.165 e. The van der Waals surface area contributed by atoms with Gasteiger partial charge in [-0.3, -0.25) is 0 Å². The number of aromatic nitrogens is 4. The van der Waals surface area contributed by atoms with E-state index in [0.717, 1.165) is 0 Å². The predicted molar refractivity (Wildman–Crippen MR) is 56.5 cm³/mol. The summed E-state index contributed by atoms with van der Waals surface area (Å²) >= 11 is 0. The summed E-state index contributed by atoms with van der Waals surface area (Å²) in [6.07, 6.45) is 2.40. The fourth-order valence-corrected chi connectivity index (χ4v) is 1.44. The molecule has 86 valence electrons. The van der Waals surface area contributed by atoms with E-state index in [9.17, 15) is 4.39 Å². The second-order valence-corrected chi connectivity index (χ2v) is 3.34. The molecule has 0 aliphatic carbocycles. The lowest BCUT2D eigenvalue weighted by Gasteiger charge is -2.11. The number of methoxy groups -OCH3 is 1. The highest BCUT2D eigenvalue weighted by molar-refractivity contribution is 5.81. The number of fused-ring (bicyclic) bond motifs is 1. The molecule has 0 aliphatic rings. The van der Waals surface area contributed by atoms with E-state index >= 15 is 0 Å². The van der Waals surface area contributed by atoms with E-state index in [4.69, 9.17) is 10.5 Å². The van der Waals surface area contributed by atoms with Gasteiger partial charge in [0.05, 0.1) is 12.9 Å². The van der Waals surface area contributed by atoms with Crippen molar-refractivity contribution >= 4 is 17.0 Å². The molecule has 2 rings (SSSR count). The zero-order chi connectivity index (χ0) is 11.5. The predicted octanol–water partition coefficient (Wildman–Crippen LogP) is 0.393. The average Bonchev–Trinajstić information content (AvgIpc) is 2.71. The Kier molecular flexibility index (Phi) is 2.95. The number of alkyl halides is 1. The lowest BCUT2D eigenvalue weighted by atomic mass is 10.4. The highest BCUT2D eigenvalue weighted by Gasteiger charge is 2.12. The topological polar surface area (TPSA) is 78.9 Å². The summed E-state index contributed by atoms with van der Waals surface area (Å²) in [6.45, 7) is -0.212. The molecule has 7 heteroatoms. The van der Waals surface area contributed by atoms with Gasteiger partial charge in [-0.25, -0.2) is 19.3 Å². The van der Waals surface area contributed by atoms with Crippen LogP contribution >= 0.6 is 0 Å². The zero-order valence-corrected chi connectivity index (χ0v) is 8.80. The Morgan fingerprint density at radius 1 is 1.50 bits per heavy atom. The van der Waals surface area contributed by atoms with Crippen LogP contribution in [0.25, 0.3) is 11.2 Å². The molecule has 0 spiro atoms. The molecule has 0 aromatic carbocycles. The summed E-state index contributed by atoms with van der Waals surface area (Å²) < 4.78 is 19.2. The molecule has 2 N–H and O–H groups in total. The molecule has 0 saturated heterocycles. The minimum atomic E-state index is -0.559. The van der Waals surface area contributed by atoms with Crippen molar-refractivity contribution in [3.05, 3.63) is 12.7 Å². The number of nitrogens with zero attached hydrogens (tertiary/aromatic N) is 4. The number of halogens is 1. The summed E-state index contributed by atoms with van der Waals surface area (Å²) in [7, 11) is 1.46. The Bertz CT molecular complexity index is 482. The summed E-state index contributed by atoms with van der Waals surface area (Å²) in [5, 5.41) is 0. The van der Waals surface area contributed by atoms with Crippen molar-refractivity contribution in [1.29, 1.82) is 0 Å². The van der Waals surface area contributed by atoms with E-state index in [1.165, 1.54) is 13.4 Å². The van der Waals surface area contributed by atoms with Crippen molar-refractivity contribution in [1.82, 2.24) is 19.5 Å². The van der Waals surface area contributed by atoms with Crippen LogP contribution < -0.4 is 5.73 Å². The van der Waals surface area contributed by atoms with Crippen molar-refractivity contribution in [3.8, 4) is 0 Å². The molecule has 0 fully saturated rings. The van der Waals surface area contributed by atoms with Crippen LogP contribution in [0.2, 0.25) is 0 Å².